The summed E-state index contributed by atoms with van der Waals surface area (Å²) in [7, 11) is 0. The molecule has 0 aromatic heterocycles. The minimum atomic E-state index is -1.10. The molecule has 0 aromatic rings. The minimum Gasteiger partial charge on any atom is -0.481 e. The highest BCUT2D eigenvalue weighted by Crippen LogP contribution is 2.65. The van der Waals surface area contributed by atoms with Gasteiger partial charge in [0.15, 0.2) is 0 Å². The lowest BCUT2D eigenvalue weighted by Crippen LogP contribution is -2.33. The van der Waals surface area contributed by atoms with Crippen LogP contribution in [-0.2, 0) is 4.79 Å². The van der Waals surface area contributed by atoms with Crippen LogP contribution < -0.4 is 0 Å². The Morgan fingerprint density at radius 2 is 1.93 bits per heavy atom. The van der Waals surface area contributed by atoms with Gasteiger partial charge in [-0.3, -0.25) is 4.79 Å². The van der Waals surface area contributed by atoms with Crippen molar-refractivity contribution in [1.29, 1.82) is 0 Å². The summed E-state index contributed by atoms with van der Waals surface area (Å²) in [5.41, 5.74) is 0. The van der Waals surface area contributed by atoms with E-state index in [0.29, 0.717) is 5.03 Å². The Kier molecular flexibility index (Phi) is 2.29. The van der Waals surface area contributed by atoms with Crippen LogP contribution in [0.1, 0.15) is 12.8 Å². The fourth-order valence-corrected chi connectivity index (χ4v) is 3.96. The van der Waals surface area contributed by atoms with E-state index in [2.05, 4.69) is 0 Å². The lowest BCUT2D eigenvalue weighted by molar-refractivity contribution is -0.142. The number of fused-ring (bicyclic) bond motifs is 2. The van der Waals surface area contributed by atoms with E-state index in [-0.39, 0.29) is 17.9 Å². The van der Waals surface area contributed by atoms with Crippen molar-refractivity contribution in [2.24, 2.45) is 5.92 Å². The first kappa shape index (κ1) is 10.9. The lowest BCUT2D eigenvalue weighted by atomic mass is 9.92. The van der Waals surface area contributed by atoms with Crippen molar-refractivity contribution in [2.75, 3.05) is 0 Å². The number of carbonyl (C=O) groups is 1. The van der Waals surface area contributed by atoms with Gasteiger partial charge in [-0.15, -0.1) is 23.2 Å². The topological polar surface area (TPSA) is 37.3 Å². The maximum Gasteiger partial charge on any atom is 0.308 e. The van der Waals surface area contributed by atoms with Gasteiger partial charge in [-0.05, 0) is 12.8 Å². The van der Waals surface area contributed by atoms with E-state index in [1.165, 1.54) is 0 Å². The third-order valence-corrected chi connectivity index (χ3v) is 5.30. The fraction of sp³-hybridized carbons (Fsp3) is 0.625. The number of hydrogen-bond donors (Lipinski definition) is 1. The molecule has 0 spiro atoms. The fourth-order valence-electron chi connectivity index (χ4n) is 2.15. The molecule has 14 heavy (non-hydrogen) atoms. The Balaban J connectivity index is 2.50. The van der Waals surface area contributed by atoms with E-state index in [1.807, 2.05) is 0 Å². The molecule has 0 radical (unpaired) electrons. The number of alkyl halides is 2. The van der Waals surface area contributed by atoms with E-state index in [0.717, 1.165) is 0 Å². The summed E-state index contributed by atoms with van der Waals surface area (Å²) in [6.07, 6.45) is 0.528. The molecule has 0 heterocycles. The van der Waals surface area contributed by atoms with Gasteiger partial charge < -0.3 is 5.11 Å². The van der Waals surface area contributed by atoms with Gasteiger partial charge in [0.2, 0.25) is 0 Å². The van der Waals surface area contributed by atoms with E-state index in [9.17, 15) is 4.79 Å². The average Bonchev–Trinajstić information content (AvgIpc) is 2.44. The molecule has 2 aliphatic carbocycles. The Morgan fingerprint density at radius 3 is 2.29 bits per heavy atom. The van der Waals surface area contributed by atoms with E-state index < -0.39 is 21.6 Å². The van der Waals surface area contributed by atoms with E-state index in [4.69, 9.17) is 51.5 Å². The standard InChI is InChI=1S/C8H6Cl4O2/c9-4-5(10)8(12)2-7(4,11)1-3(8)6(13)14/h3H,1-2H2,(H,13,14)/t3-,7+,8-/m1/s1. The number of hydrogen-bond acceptors (Lipinski definition) is 1. The predicted molar refractivity (Wildman–Crippen MR) is 56.3 cm³/mol. The third-order valence-electron chi connectivity index (χ3n) is 2.87. The van der Waals surface area contributed by atoms with Crippen LogP contribution in [0.25, 0.3) is 0 Å². The average molecular weight is 276 g/mol. The van der Waals surface area contributed by atoms with E-state index >= 15 is 0 Å². The first-order valence-corrected chi connectivity index (χ1v) is 5.49. The van der Waals surface area contributed by atoms with Gasteiger partial charge in [0.25, 0.3) is 0 Å². The summed E-state index contributed by atoms with van der Waals surface area (Å²) < 4.78 is 0. The predicted octanol–water partition coefficient (Wildman–Crippen LogP) is 3.14. The summed E-state index contributed by atoms with van der Waals surface area (Å²) in [4.78, 5) is 8.95. The van der Waals surface area contributed by atoms with Crippen LogP contribution in [0.5, 0.6) is 0 Å². The van der Waals surface area contributed by atoms with Crippen LogP contribution >= 0.6 is 46.4 Å². The van der Waals surface area contributed by atoms with Crippen molar-refractivity contribution in [1.82, 2.24) is 0 Å². The Labute approximate surface area is 101 Å². The molecule has 0 amide bonds. The van der Waals surface area contributed by atoms with Gasteiger partial charge >= 0.3 is 5.97 Å². The van der Waals surface area contributed by atoms with Crippen LogP contribution in [0.15, 0.2) is 10.1 Å². The quantitative estimate of drug-likeness (QED) is 0.747. The van der Waals surface area contributed by atoms with Crippen molar-refractivity contribution >= 4 is 52.4 Å². The second kappa shape index (κ2) is 2.94. The van der Waals surface area contributed by atoms with E-state index in [1.54, 1.807) is 0 Å². The minimum absolute atomic E-state index is 0.189. The first-order chi connectivity index (χ1) is 6.31. The Hall–Kier alpha value is 0.370. The zero-order valence-corrected chi connectivity index (χ0v) is 9.88. The van der Waals surface area contributed by atoms with Crippen LogP contribution in [-0.4, -0.2) is 20.8 Å². The molecule has 3 atom stereocenters. The number of rotatable bonds is 1. The highest BCUT2D eigenvalue weighted by atomic mass is 35.5. The normalized spacial score (nSPS) is 46.1. The smallest absolute Gasteiger partial charge is 0.308 e. The van der Waals surface area contributed by atoms with Crippen molar-refractivity contribution in [3.05, 3.63) is 10.1 Å². The Morgan fingerprint density at radius 1 is 1.36 bits per heavy atom. The third kappa shape index (κ3) is 1.15. The van der Waals surface area contributed by atoms with Crippen molar-refractivity contribution in [2.45, 2.75) is 22.6 Å². The molecule has 6 heteroatoms. The number of halogens is 4. The molecule has 1 fully saturated rings. The van der Waals surface area contributed by atoms with Gasteiger partial charge in [-0.25, -0.2) is 0 Å². The summed E-state index contributed by atoms with van der Waals surface area (Å²) in [6.45, 7) is 0. The van der Waals surface area contributed by atoms with Gasteiger partial charge in [0.05, 0.1) is 25.7 Å². The molecular weight excluding hydrogens is 270 g/mol. The van der Waals surface area contributed by atoms with Gasteiger partial charge in [-0.1, -0.05) is 23.2 Å². The molecule has 2 bridgehead atoms. The van der Waals surface area contributed by atoms with Crippen LogP contribution in [0.2, 0.25) is 0 Å². The molecular formula is C8H6Cl4O2. The number of carboxylic acids is 1. The maximum absolute atomic E-state index is 10.9. The summed E-state index contributed by atoms with van der Waals surface area (Å²) in [6, 6.07) is 0. The molecule has 2 rings (SSSR count). The molecule has 78 valence electrons. The van der Waals surface area contributed by atoms with Gasteiger partial charge in [0.1, 0.15) is 0 Å². The summed E-state index contributed by atoms with van der Waals surface area (Å²) in [5, 5.41) is 9.44. The zero-order chi connectivity index (χ0) is 10.7. The zero-order valence-electron chi connectivity index (χ0n) is 6.86. The van der Waals surface area contributed by atoms with Gasteiger partial charge in [-0.2, -0.15) is 0 Å². The van der Waals surface area contributed by atoms with Crippen molar-refractivity contribution in [3.63, 3.8) is 0 Å². The molecule has 2 nitrogen and oxygen atoms in total. The number of allylic oxidation sites excluding steroid dienone is 2. The molecule has 0 saturated heterocycles. The largest absolute Gasteiger partial charge is 0.481 e. The monoisotopic (exact) mass is 274 g/mol. The SMILES string of the molecule is O=C(O)[C@H]1C[C@]2(Cl)C[C@]1(Cl)C(Cl)=C2Cl. The van der Waals surface area contributed by atoms with Crippen molar-refractivity contribution < 1.29 is 9.90 Å². The van der Waals surface area contributed by atoms with Crippen LogP contribution in [0.4, 0.5) is 0 Å². The van der Waals surface area contributed by atoms with Gasteiger partial charge in [0, 0.05) is 0 Å². The molecule has 1 saturated carbocycles. The highest BCUT2D eigenvalue weighted by molar-refractivity contribution is 6.51. The number of carboxylic acid groups (broad SMARTS) is 1. The number of aliphatic carboxylic acids is 1. The maximum atomic E-state index is 10.9. The van der Waals surface area contributed by atoms with Crippen molar-refractivity contribution in [3.8, 4) is 0 Å². The molecule has 0 aromatic carbocycles. The second-order valence-electron chi connectivity index (χ2n) is 3.73. The first-order valence-electron chi connectivity index (χ1n) is 3.98. The molecule has 2 aliphatic rings. The Bertz CT molecular complexity index is 353. The molecule has 0 aliphatic heterocycles. The summed E-state index contributed by atoms with van der Waals surface area (Å²) in [5.74, 6) is -1.73. The lowest BCUT2D eigenvalue weighted by Gasteiger charge is -2.26. The second-order valence-corrected chi connectivity index (χ2v) is 5.88. The molecule has 1 N–H and O–H groups in total. The summed E-state index contributed by atoms with van der Waals surface area (Å²) >= 11 is 24.1. The molecule has 0 unspecified atom stereocenters. The van der Waals surface area contributed by atoms with Crippen LogP contribution in [0, 0.1) is 5.92 Å². The highest BCUT2D eigenvalue weighted by Gasteiger charge is 2.65. The van der Waals surface area contributed by atoms with Crippen LogP contribution in [0.3, 0.4) is 0 Å².